The van der Waals surface area contributed by atoms with Gasteiger partial charge in [0.05, 0.1) is 6.04 Å². The van der Waals surface area contributed by atoms with E-state index in [0.29, 0.717) is 11.3 Å². The van der Waals surface area contributed by atoms with Crippen molar-refractivity contribution in [2.45, 2.75) is 25.8 Å². The third kappa shape index (κ3) is 4.14. The van der Waals surface area contributed by atoms with Crippen molar-refractivity contribution in [2.75, 3.05) is 5.32 Å². The Balaban J connectivity index is 2.58. The number of nitrogens with one attached hydrogen (secondary N) is 1. The Labute approximate surface area is 104 Å². The molecule has 0 aliphatic rings. The summed E-state index contributed by atoms with van der Waals surface area (Å²) in [5.74, 6) is -1.97. The molecule has 0 radical (unpaired) electrons. The van der Waals surface area contributed by atoms with Crippen LogP contribution in [0.25, 0.3) is 0 Å². The van der Waals surface area contributed by atoms with Gasteiger partial charge in [0.1, 0.15) is 5.82 Å². The molecule has 0 aromatic heterocycles. The minimum atomic E-state index is -1.01. The molecule has 0 heterocycles. The molecule has 0 aliphatic carbocycles. The number of carboxylic acids is 1. The fourth-order valence-corrected chi connectivity index (χ4v) is 1.32. The molecule has 6 heteroatoms. The number of aryl methyl sites for hydroxylation is 1. The second-order valence-corrected chi connectivity index (χ2v) is 3.99. The second kappa shape index (κ2) is 6.11. The largest absolute Gasteiger partial charge is 0.481 e. The van der Waals surface area contributed by atoms with Crippen molar-refractivity contribution in [1.29, 1.82) is 0 Å². The first-order valence-electron chi connectivity index (χ1n) is 5.44. The van der Waals surface area contributed by atoms with Gasteiger partial charge >= 0.3 is 5.97 Å². The highest BCUT2D eigenvalue weighted by molar-refractivity contribution is 5.94. The Kier molecular flexibility index (Phi) is 4.79. The van der Waals surface area contributed by atoms with Gasteiger partial charge in [-0.1, -0.05) is 6.07 Å². The number of halogens is 1. The van der Waals surface area contributed by atoms with Crippen LogP contribution < -0.4 is 11.1 Å². The lowest BCUT2D eigenvalue weighted by molar-refractivity contribution is -0.137. The number of carbonyl (C=O) groups excluding carboxylic acids is 1. The summed E-state index contributed by atoms with van der Waals surface area (Å²) in [7, 11) is 0. The van der Waals surface area contributed by atoms with Crippen molar-refractivity contribution >= 4 is 17.6 Å². The standard InChI is InChI=1S/C12H15FN2O3/c1-7-2-3-8(6-9(7)13)15-12(18)10(14)4-5-11(16)17/h2-3,6,10H,4-5,14H2,1H3,(H,15,18)(H,16,17). The van der Waals surface area contributed by atoms with E-state index in [4.69, 9.17) is 10.8 Å². The van der Waals surface area contributed by atoms with Gasteiger partial charge in [0.2, 0.25) is 5.91 Å². The number of nitrogens with two attached hydrogens (primary N) is 1. The number of hydrogen-bond donors (Lipinski definition) is 3. The molecule has 0 bridgehead atoms. The summed E-state index contributed by atoms with van der Waals surface area (Å²) in [5, 5.41) is 10.9. The van der Waals surface area contributed by atoms with E-state index in [9.17, 15) is 14.0 Å². The van der Waals surface area contributed by atoms with Crippen LogP contribution in [0, 0.1) is 12.7 Å². The molecule has 1 aromatic rings. The van der Waals surface area contributed by atoms with Crippen LogP contribution in [0.3, 0.4) is 0 Å². The van der Waals surface area contributed by atoms with Crippen molar-refractivity contribution < 1.29 is 19.1 Å². The molecule has 0 aliphatic heterocycles. The molecule has 5 nitrogen and oxygen atoms in total. The van der Waals surface area contributed by atoms with E-state index in [1.807, 2.05) is 0 Å². The van der Waals surface area contributed by atoms with Crippen LogP contribution in [0.5, 0.6) is 0 Å². The first-order chi connectivity index (χ1) is 8.40. The summed E-state index contributed by atoms with van der Waals surface area (Å²) < 4.78 is 13.2. The molecule has 1 atom stereocenters. The van der Waals surface area contributed by atoms with Crippen LogP contribution in [0.2, 0.25) is 0 Å². The van der Waals surface area contributed by atoms with Gasteiger partial charge in [-0.2, -0.15) is 0 Å². The van der Waals surface area contributed by atoms with Gasteiger partial charge < -0.3 is 16.2 Å². The first kappa shape index (κ1) is 14.1. The molecular formula is C12H15FN2O3. The van der Waals surface area contributed by atoms with Crippen molar-refractivity contribution in [2.24, 2.45) is 5.73 Å². The molecule has 0 saturated carbocycles. The fraction of sp³-hybridized carbons (Fsp3) is 0.333. The van der Waals surface area contributed by atoms with E-state index in [1.165, 1.54) is 12.1 Å². The molecule has 4 N–H and O–H groups in total. The minimum Gasteiger partial charge on any atom is -0.481 e. The summed E-state index contributed by atoms with van der Waals surface area (Å²) in [6, 6.07) is 3.36. The summed E-state index contributed by atoms with van der Waals surface area (Å²) in [5.41, 5.74) is 6.29. The van der Waals surface area contributed by atoms with Crippen LogP contribution in [0.15, 0.2) is 18.2 Å². The summed E-state index contributed by atoms with van der Waals surface area (Å²) in [4.78, 5) is 21.9. The zero-order chi connectivity index (χ0) is 13.7. The van der Waals surface area contributed by atoms with E-state index < -0.39 is 23.7 Å². The molecule has 0 spiro atoms. The maximum atomic E-state index is 13.2. The van der Waals surface area contributed by atoms with E-state index in [2.05, 4.69) is 5.32 Å². The van der Waals surface area contributed by atoms with Crippen LogP contribution >= 0.6 is 0 Å². The van der Waals surface area contributed by atoms with E-state index in [1.54, 1.807) is 13.0 Å². The van der Waals surface area contributed by atoms with Crippen molar-refractivity contribution in [3.05, 3.63) is 29.6 Å². The maximum Gasteiger partial charge on any atom is 0.303 e. The van der Waals surface area contributed by atoms with Gasteiger partial charge in [0.15, 0.2) is 0 Å². The molecule has 0 fully saturated rings. The van der Waals surface area contributed by atoms with Crippen LogP contribution in [0.4, 0.5) is 10.1 Å². The molecule has 1 rings (SSSR count). The number of hydrogen-bond acceptors (Lipinski definition) is 3. The van der Waals surface area contributed by atoms with Gasteiger partial charge in [0, 0.05) is 12.1 Å². The molecule has 98 valence electrons. The third-order valence-electron chi connectivity index (χ3n) is 2.45. The van der Waals surface area contributed by atoms with Crippen LogP contribution in [-0.4, -0.2) is 23.0 Å². The van der Waals surface area contributed by atoms with Gasteiger partial charge in [-0.3, -0.25) is 9.59 Å². The Bertz CT molecular complexity index is 463. The van der Waals surface area contributed by atoms with Gasteiger partial charge in [-0.15, -0.1) is 0 Å². The molecule has 0 saturated heterocycles. The van der Waals surface area contributed by atoms with E-state index in [0.717, 1.165) is 0 Å². The highest BCUT2D eigenvalue weighted by atomic mass is 19.1. The Hall–Kier alpha value is -1.95. The number of carbonyl (C=O) groups is 2. The summed E-state index contributed by atoms with van der Waals surface area (Å²) in [6.07, 6.45) is -0.146. The highest BCUT2D eigenvalue weighted by Gasteiger charge is 2.15. The predicted octanol–water partition coefficient (Wildman–Crippen LogP) is 1.26. The average Bonchev–Trinajstić information content (AvgIpc) is 2.30. The topological polar surface area (TPSA) is 92.4 Å². The van der Waals surface area contributed by atoms with Crippen LogP contribution in [0.1, 0.15) is 18.4 Å². The lowest BCUT2D eigenvalue weighted by Gasteiger charge is -2.11. The number of aliphatic carboxylic acids is 1. The quantitative estimate of drug-likeness (QED) is 0.737. The normalized spacial score (nSPS) is 11.9. The van der Waals surface area contributed by atoms with Crippen molar-refractivity contribution in [3.8, 4) is 0 Å². The molecule has 1 amide bonds. The number of benzene rings is 1. The lowest BCUT2D eigenvalue weighted by Crippen LogP contribution is -2.36. The number of amides is 1. The lowest BCUT2D eigenvalue weighted by atomic mass is 10.1. The molecule has 1 unspecified atom stereocenters. The Morgan fingerprint density at radius 2 is 2.17 bits per heavy atom. The predicted molar refractivity (Wildman–Crippen MR) is 64.6 cm³/mol. The van der Waals surface area contributed by atoms with E-state index in [-0.39, 0.29) is 12.8 Å². The average molecular weight is 254 g/mol. The summed E-state index contributed by atoms with van der Waals surface area (Å²) >= 11 is 0. The van der Waals surface area contributed by atoms with Crippen molar-refractivity contribution in [3.63, 3.8) is 0 Å². The van der Waals surface area contributed by atoms with Gasteiger partial charge in [-0.25, -0.2) is 4.39 Å². The zero-order valence-electron chi connectivity index (χ0n) is 9.94. The van der Waals surface area contributed by atoms with E-state index >= 15 is 0 Å². The molecule has 18 heavy (non-hydrogen) atoms. The summed E-state index contributed by atoms with van der Waals surface area (Å²) in [6.45, 7) is 1.61. The van der Waals surface area contributed by atoms with Crippen molar-refractivity contribution in [1.82, 2.24) is 0 Å². The first-order valence-corrected chi connectivity index (χ1v) is 5.44. The smallest absolute Gasteiger partial charge is 0.303 e. The fourth-order valence-electron chi connectivity index (χ4n) is 1.32. The second-order valence-electron chi connectivity index (χ2n) is 3.99. The third-order valence-corrected chi connectivity index (χ3v) is 2.45. The monoisotopic (exact) mass is 254 g/mol. The van der Waals surface area contributed by atoms with Gasteiger partial charge in [-0.05, 0) is 31.0 Å². The number of carboxylic acid groups (broad SMARTS) is 1. The molecule has 1 aromatic carbocycles. The zero-order valence-corrected chi connectivity index (χ0v) is 9.94. The minimum absolute atomic E-state index is 0.0372. The molecular weight excluding hydrogens is 239 g/mol. The SMILES string of the molecule is Cc1ccc(NC(=O)C(N)CCC(=O)O)cc1F. The Morgan fingerprint density at radius 1 is 1.50 bits per heavy atom. The number of anilines is 1. The Morgan fingerprint density at radius 3 is 2.72 bits per heavy atom. The van der Waals surface area contributed by atoms with Crippen LogP contribution in [-0.2, 0) is 9.59 Å². The highest BCUT2D eigenvalue weighted by Crippen LogP contribution is 2.14. The maximum absolute atomic E-state index is 13.2. The number of rotatable bonds is 5. The van der Waals surface area contributed by atoms with Gasteiger partial charge in [0.25, 0.3) is 0 Å².